The van der Waals surface area contributed by atoms with Crippen molar-refractivity contribution in [2.45, 2.75) is 26.4 Å². The first-order valence-corrected chi connectivity index (χ1v) is 5.07. The summed E-state index contributed by atoms with van der Waals surface area (Å²) in [5.41, 5.74) is 2.32. The van der Waals surface area contributed by atoms with Crippen molar-refractivity contribution in [2.75, 3.05) is 0 Å². The largest absolute Gasteiger partial charge is 0.489 e. The van der Waals surface area contributed by atoms with Crippen molar-refractivity contribution in [2.24, 2.45) is 5.92 Å². The monoisotopic (exact) mass is 206 g/mol. The van der Waals surface area contributed by atoms with Crippen LogP contribution in [0.2, 0.25) is 0 Å². The number of ether oxygens (including phenoxy) is 1. The molecule has 0 bridgehead atoms. The molecule has 80 valence electrons. The number of hydrogen-bond donors (Lipinski definition) is 1. The number of carboxylic acid groups (broad SMARTS) is 1. The molecule has 1 heterocycles. The van der Waals surface area contributed by atoms with Crippen LogP contribution >= 0.6 is 0 Å². The zero-order valence-electron chi connectivity index (χ0n) is 8.86. The van der Waals surface area contributed by atoms with Gasteiger partial charge in [-0.05, 0) is 25.5 Å². The molecule has 2 unspecified atom stereocenters. The predicted molar refractivity (Wildman–Crippen MR) is 56.1 cm³/mol. The summed E-state index contributed by atoms with van der Waals surface area (Å²) in [4.78, 5) is 10.8. The van der Waals surface area contributed by atoms with Crippen LogP contribution in [-0.4, -0.2) is 17.2 Å². The molecular formula is C12H14O3. The van der Waals surface area contributed by atoms with Gasteiger partial charge >= 0.3 is 5.97 Å². The summed E-state index contributed by atoms with van der Waals surface area (Å²) in [5, 5.41) is 8.91. The fourth-order valence-corrected chi connectivity index (χ4v) is 1.89. The van der Waals surface area contributed by atoms with Gasteiger partial charge < -0.3 is 9.84 Å². The van der Waals surface area contributed by atoms with Gasteiger partial charge in [0.15, 0.2) is 0 Å². The van der Waals surface area contributed by atoms with E-state index in [1.807, 2.05) is 25.1 Å². The van der Waals surface area contributed by atoms with Gasteiger partial charge in [-0.1, -0.05) is 12.1 Å². The van der Waals surface area contributed by atoms with Gasteiger partial charge in [0.25, 0.3) is 0 Å². The standard InChI is InChI=1S/C12H14O3/c1-7-4-3-5-10-9(7)6-11(15-10)8(2)12(13)14/h3-5,8,11H,6H2,1-2H3,(H,13,14). The third-order valence-electron chi connectivity index (χ3n) is 3.00. The number of aliphatic carboxylic acids is 1. The molecule has 0 saturated carbocycles. The van der Waals surface area contributed by atoms with E-state index < -0.39 is 11.9 Å². The Morgan fingerprint density at radius 2 is 2.33 bits per heavy atom. The summed E-state index contributed by atoms with van der Waals surface area (Å²) in [5.74, 6) is -0.421. The predicted octanol–water partition coefficient (Wildman–Crippen LogP) is 2.02. The second-order valence-corrected chi connectivity index (χ2v) is 4.04. The Morgan fingerprint density at radius 1 is 1.60 bits per heavy atom. The highest BCUT2D eigenvalue weighted by molar-refractivity contribution is 5.70. The third kappa shape index (κ3) is 1.69. The molecule has 1 aromatic rings. The summed E-state index contributed by atoms with van der Waals surface area (Å²) in [6, 6.07) is 5.86. The molecular weight excluding hydrogens is 192 g/mol. The zero-order valence-corrected chi connectivity index (χ0v) is 8.86. The number of fused-ring (bicyclic) bond motifs is 1. The summed E-state index contributed by atoms with van der Waals surface area (Å²) >= 11 is 0. The number of benzene rings is 1. The molecule has 1 aliphatic heterocycles. The highest BCUT2D eigenvalue weighted by atomic mass is 16.5. The maximum Gasteiger partial charge on any atom is 0.309 e. The first kappa shape index (κ1) is 10.0. The molecule has 1 aromatic carbocycles. The van der Waals surface area contributed by atoms with Gasteiger partial charge in [0.05, 0.1) is 5.92 Å². The Hall–Kier alpha value is -1.51. The van der Waals surface area contributed by atoms with Crippen molar-refractivity contribution in [1.29, 1.82) is 0 Å². The quantitative estimate of drug-likeness (QED) is 0.805. The normalized spacial score (nSPS) is 20.5. The molecule has 3 nitrogen and oxygen atoms in total. The van der Waals surface area contributed by atoms with E-state index in [2.05, 4.69) is 0 Å². The van der Waals surface area contributed by atoms with E-state index in [0.29, 0.717) is 6.42 Å². The fourth-order valence-electron chi connectivity index (χ4n) is 1.89. The molecule has 1 aliphatic rings. The topological polar surface area (TPSA) is 46.5 Å². The first-order chi connectivity index (χ1) is 7.09. The highest BCUT2D eigenvalue weighted by Crippen LogP contribution is 2.33. The molecule has 0 aliphatic carbocycles. The molecule has 0 radical (unpaired) electrons. The minimum absolute atomic E-state index is 0.224. The van der Waals surface area contributed by atoms with E-state index in [1.54, 1.807) is 6.92 Å². The van der Waals surface area contributed by atoms with Crippen LogP contribution in [0.4, 0.5) is 0 Å². The zero-order chi connectivity index (χ0) is 11.0. The molecule has 1 N–H and O–H groups in total. The molecule has 0 saturated heterocycles. The van der Waals surface area contributed by atoms with Crippen molar-refractivity contribution in [1.82, 2.24) is 0 Å². The lowest BCUT2D eigenvalue weighted by molar-refractivity contribution is -0.143. The second-order valence-electron chi connectivity index (χ2n) is 4.04. The molecule has 3 heteroatoms. The molecule has 15 heavy (non-hydrogen) atoms. The van der Waals surface area contributed by atoms with E-state index in [0.717, 1.165) is 11.3 Å². The lowest BCUT2D eigenvalue weighted by Crippen LogP contribution is -2.29. The summed E-state index contributed by atoms with van der Waals surface area (Å²) in [7, 11) is 0. The second kappa shape index (κ2) is 3.57. The average Bonchev–Trinajstić information content (AvgIpc) is 2.61. The van der Waals surface area contributed by atoms with Gasteiger partial charge in [-0.2, -0.15) is 0 Å². The number of carboxylic acids is 1. The SMILES string of the molecule is Cc1cccc2c1CC(C(C)C(=O)O)O2. The van der Waals surface area contributed by atoms with Crippen molar-refractivity contribution in [3.8, 4) is 5.75 Å². The van der Waals surface area contributed by atoms with Crippen LogP contribution in [0.5, 0.6) is 5.75 Å². The lowest BCUT2D eigenvalue weighted by atomic mass is 9.98. The van der Waals surface area contributed by atoms with Crippen LogP contribution in [-0.2, 0) is 11.2 Å². The molecule has 0 aromatic heterocycles. The minimum Gasteiger partial charge on any atom is -0.489 e. The van der Waals surface area contributed by atoms with Crippen LogP contribution < -0.4 is 4.74 Å². The maximum absolute atomic E-state index is 10.8. The van der Waals surface area contributed by atoms with Crippen molar-refractivity contribution in [3.63, 3.8) is 0 Å². The van der Waals surface area contributed by atoms with E-state index >= 15 is 0 Å². The van der Waals surface area contributed by atoms with Gasteiger partial charge in [0, 0.05) is 12.0 Å². The average molecular weight is 206 g/mol. The Labute approximate surface area is 88.7 Å². The molecule has 0 spiro atoms. The van der Waals surface area contributed by atoms with Gasteiger partial charge in [-0.15, -0.1) is 0 Å². The van der Waals surface area contributed by atoms with Crippen molar-refractivity contribution < 1.29 is 14.6 Å². The van der Waals surface area contributed by atoms with Gasteiger partial charge in [-0.3, -0.25) is 4.79 Å². The Balaban J connectivity index is 2.23. The highest BCUT2D eigenvalue weighted by Gasteiger charge is 2.32. The van der Waals surface area contributed by atoms with E-state index in [-0.39, 0.29) is 6.10 Å². The minimum atomic E-state index is -0.801. The Kier molecular flexibility index (Phi) is 2.39. The molecule has 0 fully saturated rings. The first-order valence-electron chi connectivity index (χ1n) is 5.07. The molecule has 0 amide bonds. The summed E-state index contributed by atoms with van der Waals surface area (Å²) in [6.07, 6.45) is 0.480. The van der Waals surface area contributed by atoms with E-state index in [1.165, 1.54) is 5.56 Å². The van der Waals surface area contributed by atoms with Crippen LogP contribution in [0.3, 0.4) is 0 Å². The van der Waals surface area contributed by atoms with Gasteiger partial charge in [-0.25, -0.2) is 0 Å². The van der Waals surface area contributed by atoms with Crippen molar-refractivity contribution >= 4 is 5.97 Å². The van der Waals surface area contributed by atoms with E-state index in [9.17, 15) is 4.79 Å². The van der Waals surface area contributed by atoms with Crippen LogP contribution in [0.15, 0.2) is 18.2 Å². The Morgan fingerprint density at radius 3 is 2.93 bits per heavy atom. The van der Waals surface area contributed by atoms with Crippen LogP contribution in [0, 0.1) is 12.8 Å². The molecule has 2 rings (SSSR count). The number of hydrogen-bond acceptors (Lipinski definition) is 2. The number of aryl methyl sites for hydroxylation is 1. The third-order valence-corrected chi connectivity index (χ3v) is 3.00. The van der Waals surface area contributed by atoms with Gasteiger partial charge in [0.2, 0.25) is 0 Å². The summed E-state index contributed by atoms with van der Waals surface area (Å²) in [6.45, 7) is 3.71. The maximum atomic E-state index is 10.8. The van der Waals surface area contributed by atoms with Crippen molar-refractivity contribution in [3.05, 3.63) is 29.3 Å². The number of carbonyl (C=O) groups is 1. The summed E-state index contributed by atoms with van der Waals surface area (Å²) < 4.78 is 5.63. The van der Waals surface area contributed by atoms with Crippen LogP contribution in [0.1, 0.15) is 18.1 Å². The fraction of sp³-hybridized carbons (Fsp3) is 0.417. The molecule has 2 atom stereocenters. The van der Waals surface area contributed by atoms with E-state index in [4.69, 9.17) is 9.84 Å². The smallest absolute Gasteiger partial charge is 0.309 e. The van der Waals surface area contributed by atoms with Gasteiger partial charge in [0.1, 0.15) is 11.9 Å². The number of rotatable bonds is 2. The lowest BCUT2D eigenvalue weighted by Gasteiger charge is -2.14. The Bertz CT molecular complexity index is 398. The van der Waals surface area contributed by atoms with Crippen LogP contribution in [0.25, 0.3) is 0 Å².